The minimum absolute atomic E-state index is 0.750. The highest BCUT2D eigenvalue weighted by atomic mass is 79.9. The van der Waals surface area contributed by atoms with Crippen LogP contribution in [-0.4, -0.2) is 14.2 Å². The Hall–Kier alpha value is -1.33. The second-order valence-electron chi connectivity index (χ2n) is 4.16. The summed E-state index contributed by atoms with van der Waals surface area (Å²) in [6, 6.07) is 11.6. The Kier molecular flexibility index (Phi) is 5.20. The van der Waals surface area contributed by atoms with Crippen molar-refractivity contribution >= 4 is 33.4 Å². The van der Waals surface area contributed by atoms with E-state index < -0.39 is 0 Å². The van der Waals surface area contributed by atoms with E-state index in [1.54, 1.807) is 26.0 Å². The second kappa shape index (κ2) is 6.90. The van der Waals surface area contributed by atoms with Gasteiger partial charge in [-0.2, -0.15) is 0 Å². The van der Waals surface area contributed by atoms with Gasteiger partial charge in [-0.15, -0.1) is 11.8 Å². The maximum atomic E-state index is 5.74. The molecular formula is C15H16BrNO2S. The lowest BCUT2D eigenvalue weighted by Crippen LogP contribution is -1.92. The highest BCUT2D eigenvalue weighted by Gasteiger charge is 2.07. The first-order chi connectivity index (χ1) is 9.63. The number of rotatable bonds is 5. The van der Waals surface area contributed by atoms with Crippen LogP contribution in [0, 0.1) is 0 Å². The van der Waals surface area contributed by atoms with Gasteiger partial charge in [0.1, 0.15) is 11.5 Å². The lowest BCUT2D eigenvalue weighted by Gasteiger charge is -2.11. The van der Waals surface area contributed by atoms with Crippen molar-refractivity contribution in [3.63, 3.8) is 0 Å². The van der Waals surface area contributed by atoms with Crippen molar-refractivity contribution in [2.75, 3.05) is 20.0 Å². The van der Waals surface area contributed by atoms with Crippen LogP contribution in [0.5, 0.6) is 11.5 Å². The number of halogens is 1. The zero-order valence-electron chi connectivity index (χ0n) is 11.4. The molecule has 2 rings (SSSR count). The molecule has 0 saturated heterocycles. The van der Waals surface area contributed by atoms with E-state index in [2.05, 4.69) is 15.9 Å². The van der Waals surface area contributed by atoms with Gasteiger partial charge < -0.3 is 15.2 Å². The molecular weight excluding hydrogens is 338 g/mol. The third-order valence-corrected chi connectivity index (χ3v) is 4.87. The molecule has 0 heterocycles. The average molecular weight is 354 g/mol. The van der Waals surface area contributed by atoms with E-state index >= 15 is 0 Å². The van der Waals surface area contributed by atoms with Crippen LogP contribution in [0.15, 0.2) is 45.8 Å². The molecule has 0 saturated carbocycles. The fourth-order valence-electron chi connectivity index (χ4n) is 1.78. The van der Waals surface area contributed by atoms with Crippen LogP contribution in [0.4, 0.5) is 5.69 Å². The van der Waals surface area contributed by atoms with Crippen molar-refractivity contribution in [2.45, 2.75) is 10.6 Å². The van der Waals surface area contributed by atoms with Crippen LogP contribution in [0.2, 0.25) is 0 Å². The smallest absolute Gasteiger partial charge is 0.123 e. The van der Waals surface area contributed by atoms with Gasteiger partial charge in [-0.05, 0) is 52.3 Å². The fourth-order valence-corrected chi connectivity index (χ4v) is 3.42. The molecule has 0 aromatic heterocycles. The van der Waals surface area contributed by atoms with Gasteiger partial charge in [0.25, 0.3) is 0 Å². The Labute approximate surface area is 131 Å². The summed E-state index contributed by atoms with van der Waals surface area (Å²) in [6.07, 6.45) is 0. The van der Waals surface area contributed by atoms with Crippen molar-refractivity contribution in [1.82, 2.24) is 0 Å². The van der Waals surface area contributed by atoms with Crippen molar-refractivity contribution in [3.05, 3.63) is 46.4 Å². The third kappa shape index (κ3) is 3.61. The molecule has 0 radical (unpaired) electrons. The molecule has 0 bridgehead atoms. The number of hydrogen-bond donors (Lipinski definition) is 1. The Bertz CT molecular complexity index is 604. The zero-order chi connectivity index (χ0) is 14.5. The standard InChI is InChI=1S/C15H16BrNO2S/c1-18-12-4-5-14(19-2)10(7-12)9-20-15-6-3-11(17)8-13(15)16/h3-8H,9,17H2,1-2H3. The molecule has 5 heteroatoms. The Balaban J connectivity index is 2.17. The Morgan fingerprint density at radius 2 is 1.90 bits per heavy atom. The number of nitrogen functional groups attached to an aromatic ring is 1. The first kappa shape index (κ1) is 15.1. The van der Waals surface area contributed by atoms with Crippen molar-refractivity contribution in [2.24, 2.45) is 0 Å². The molecule has 0 aliphatic heterocycles. The topological polar surface area (TPSA) is 44.5 Å². The molecule has 0 aliphatic carbocycles. The van der Waals surface area contributed by atoms with E-state index in [9.17, 15) is 0 Å². The summed E-state index contributed by atoms with van der Waals surface area (Å²) >= 11 is 5.25. The number of hydrogen-bond acceptors (Lipinski definition) is 4. The quantitative estimate of drug-likeness (QED) is 0.641. The number of thioether (sulfide) groups is 1. The molecule has 0 aliphatic rings. The summed E-state index contributed by atoms with van der Waals surface area (Å²) < 4.78 is 11.6. The van der Waals surface area contributed by atoms with E-state index in [0.29, 0.717) is 0 Å². The monoisotopic (exact) mass is 353 g/mol. The molecule has 106 valence electrons. The minimum Gasteiger partial charge on any atom is -0.497 e. The first-order valence-corrected chi connectivity index (χ1v) is 7.80. The predicted octanol–water partition coefficient (Wildman–Crippen LogP) is 4.34. The number of nitrogens with two attached hydrogens (primary N) is 1. The summed E-state index contributed by atoms with van der Waals surface area (Å²) in [5.74, 6) is 2.49. The molecule has 20 heavy (non-hydrogen) atoms. The Morgan fingerprint density at radius 1 is 1.10 bits per heavy atom. The van der Waals surface area contributed by atoms with Gasteiger partial charge in [0, 0.05) is 26.4 Å². The summed E-state index contributed by atoms with van der Waals surface area (Å²) in [6.45, 7) is 0. The molecule has 0 spiro atoms. The summed E-state index contributed by atoms with van der Waals surface area (Å²) in [7, 11) is 3.34. The molecule has 2 N–H and O–H groups in total. The van der Waals surface area contributed by atoms with Crippen molar-refractivity contribution in [1.29, 1.82) is 0 Å². The highest BCUT2D eigenvalue weighted by molar-refractivity contribution is 9.10. The number of benzene rings is 2. The van der Waals surface area contributed by atoms with Crippen molar-refractivity contribution in [3.8, 4) is 11.5 Å². The normalized spacial score (nSPS) is 10.3. The van der Waals surface area contributed by atoms with Crippen LogP contribution >= 0.6 is 27.7 Å². The van der Waals surface area contributed by atoms with Crippen molar-refractivity contribution < 1.29 is 9.47 Å². The van der Waals surface area contributed by atoms with E-state index in [4.69, 9.17) is 15.2 Å². The number of anilines is 1. The molecule has 2 aromatic carbocycles. The van der Waals surface area contributed by atoms with Gasteiger partial charge in [-0.3, -0.25) is 0 Å². The number of methoxy groups -OCH3 is 2. The molecule has 3 nitrogen and oxygen atoms in total. The average Bonchev–Trinajstić information content (AvgIpc) is 2.46. The maximum absolute atomic E-state index is 5.74. The SMILES string of the molecule is COc1ccc(OC)c(CSc2ccc(N)cc2Br)c1. The lowest BCUT2D eigenvalue weighted by molar-refractivity contribution is 0.400. The van der Waals surface area contributed by atoms with E-state index in [0.717, 1.165) is 37.9 Å². The first-order valence-electron chi connectivity index (χ1n) is 6.02. The highest BCUT2D eigenvalue weighted by Crippen LogP contribution is 2.34. The molecule has 0 unspecified atom stereocenters. The minimum atomic E-state index is 0.750. The summed E-state index contributed by atoms with van der Waals surface area (Å²) in [5, 5.41) is 0. The van der Waals surface area contributed by atoms with Gasteiger partial charge in [-0.25, -0.2) is 0 Å². The summed E-state index contributed by atoms with van der Waals surface area (Å²) in [5.41, 5.74) is 7.59. The van der Waals surface area contributed by atoms with Gasteiger partial charge in [0.05, 0.1) is 14.2 Å². The predicted molar refractivity (Wildman–Crippen MR) is 87.7 cm³/mol. The van der Waals surface area contributed by atoms with Crippen LogP contribution in [-0.2, 0) is 5.75 Å². The molecule has 0 fully saturated rings. The van der Waals surface area contributed by atoms with Gasteiger partial charge >= 0.3 is 0 Å². The molecule has 0 amide bonds. The summed E-state index contributed by atoms with van der Waals surface area (Å²) in [4.78, 5) is 1.14. The van der Waals surface area contributed by atoms with E-state index in [1.807, 2.05) is 36.4 Å². The third-order valence-electron chi connectivity index (χ3n) is 2.83. The fraction of sp³-hybridized carbons (Fsp3) is 0.200. The maximum Gasteiger partial charge on any atom is 0.123 e. The van der Waals surface area contributed by atoms with E-state index in [1.165, 1.54) is 0 Å². The van der Waals surface area contributed by atoms with Gasteiger partial charge in [0.2, 0.25) is 0 Å². The largest absolute Gasteiger partial charge is 0.497 e. The van der Waals surface area contributed by atoms with Crippen LogP contribution in [0.1, 0.15) is 5.56 Å². The second-order valence-corrected chi connectivity index (χ2v) is 6.03. The Morgan fingerprint density at radius 3 is 2.55 bits per heavy atom. The lowest BCUT2D eigenvalue weighted by atomic mass is 10.2. The molecule has 0 atom stereocenters. The van der Waals surface area contributed by atoms with Gasteiger partial charge in [0.15, 0.2) is 0 Å². The zero-order valence-corrected chi connectivity index (χ0v) is 13.8. The van der Waals surface area contributed by atoms with E-state index in [-0.39, 0.29) is 0 Å². The molecule has 2 aromatic rings. The van der Waals surface area contributed by atoms with Crippen LogP contribution in [0.25, 0.3) is 0 Å². The number of ether oxygens (including phenoxy) is 2. The van der Waals surface area contributed by atoms with Gasteiger partial charge in [-0.1, -0.05) is 0 Å². The van der Waals surface area contributed by atoms with Crippen LogP contribution in [0.3, 0.4) is 0 Å². The van der Waals surface area contributed by atoms with Crippen LogP contribution < -0.4 is 15.2 Å².